The number of nitrogens with two attached hydrogens (primary N) is 1. The molecule has 3 rings (SSSR count). The summed E-state index contributed by atoms with van der Waals surface area (Å²) < 4.78 is 0. The molecule has 0 atom stereocenters. The molecule has 4 heteroatoms. The van der Waals surface area contributed by atoms with E-state index in [1.165, 1.54) is 37.1 Å². The molecule has 1 aromatic heterocycles. The molecule has 0 amide bonds. The van der Waals surface area contributed by atoms with Crippen LogP contribution in [-0.4, -0.2) is 29.1 Å². The van der Waals surface area contributed by atoms with Gasteiger partial charge >= 0.3 is 0 Å². The Kier molecular flexibility index (Phi) is 4.40. The highest BCUT2D eigenvalue weighted by Gasteiger charge is 2.28. The predicted molar refractivity (Wildman–Crippen MR) is 91.4 cm³/mol. The molecule has 2 fully saturated rings. The van der Waals surface area contributed by atoms with Gasteiger partial charge < -0.3 is 10.6 Å². The smallest absolute Gasteiger partial charge is 0.131 e. The lowest BCUT2D eigenvalue weighted by atomic mass is 9.89. The quantitative estimate of drug-likeness (QED) is 0.910. The second-order valence-corrected chi connectivity index (χ2v) is 8.02. The van der Waals surface area contributed by atoms with E-state index < -0.39 is 0 Å². The van der Waals surface area contributed by atoms with E-state index in [0.29, 0.717) is 12.0 Å². The van der Waals surface area contributed by atoms with Crippen molar-refractivity contribution >= 4 is 5.69 Å². The number of piperidine rings is 1. The molecule has 122 valence electrons. The third-order valence-corrected chi connectivity index (χ3v) is 5.10. The molecule has 4 nitrogen and oxygen atoms in total. The van der Waals surface area contributed by atoms with Gasteiger partial charge in [-0.15, -0.1) is 0 Å². The molecular weight excluding hydrogens is 272 g/mol. The van der Waals surface area contributed by atoms with Crippen LogP contribution in [0.1, 0.15) is 76.7 Å². The number of aromatic nitrogens is 2. The van der Waals surface area contributed by atoms with Crippen LogP contribution in [0.3, 0.4) is 0 Å². The van der Waals surface area contributed by atoms with Gasteiger partial charge in [-0.1, -0.05) is 33.6 Å². The standard InChI is InChI=1S/C18H30N4/c1-18(2,3)16-15(22-10-8-14(19)9-11-22)12-20-17(21-16)13-6-4-5-7-13/h12-14H,4-11,19H2,1-3H3. The van der Waals surface area contributed by atoms with Crippen molar-refractivity contribution in [3.8, 4) is 0 Å². The van der Waals surface area contributed by atoms with Gasteiger partial charge in [0.2, 0.25) is 0 Å². The Balaban J connectivity index is 1.91. The maximum atomic E-state index is 6.05. The minimum atomic E-state index is 0.0468. The normalized spacial score (nSPS) is 21.5. The van der Waals surface area contributed by atoms with E-state index in [1.807, 2.05) is 0 Å². The van der Waals surface area contributed by atoms with Gasteiger partial charge in [-0.25, -0.2) is 9.97 Å². The largest absolute Gasteiger partial charge is 0.369 e. The van der Waals surface area contributed by atoms with Crippen LogP contribution in [0.15, 0.2) is 6.20 Å². The molecule has 1 saturated carbocycles. The number of rotatable bonds is 2. The number of hydrogen-bond donors (Lipinski definition) is 1. The first-order valence-corrected chi connectivity index (χ1v) is 8.83. The molecule has 0 radical (unpaired) electrons. The van der Waals surface area contributed by atoms with Crippen molar-refractivity contribution in [1.29, 1.82) is 0 Å². The summed E-state index contributed by atoms with van der Waals surface area (Å²) in [5, 5.41) is 0. The average molecular weight is 302 g/mol. The molecule has 0 spiro atoms. The van der Waals surface area contributed by atoms with Crippen LogP contribution < -0.4 is 10.6 Å². The van der Waals surface area contributed by atoms with E-state index in [0.717, 1.165) is 31.8 Å². The first-order chi connectivity index (χ1) is 10.4. The van der Waals surface area contributed by atoms with E-state index in [9.17, 15) is 0 Å². The average Bonchev–Trinajstić information content (AvgIpc) is 3.01. The summed E-state index contributed by atoms with van der Waals surface area (Å²) in [6, 6.07) is 0.355. The Morgan fingerprint density at radius 2 is 1.73 bits per heavy atom. The van der Waals surface area contributed by atoms with Gasteiger partial charge in [-0.2, -0.15) is 0 Å². The fourth-order valence-electron chi connectivity index (χ4n) is 3.69. The van der Waals surface area contributed by atoms with E-state index >= 15 is 0 Å². The van der Waals surface area contributed by atoms with Crippen LogP contribution >= 0.6 is 0 Å². The monoisotopic (exact) mass is 302 g/mol. The highest BCUT2D eigenvalue weighted by atomic mass is 15.2. The molecule has 22 heavy (non-hydrogen) atoms. The Hall–Kier alpha value is -1.16. The zero-order valence-corrected chi connectivity index (χ0v) is 14.3. The van der Waals surface area contributed by atoms with Crippen molar-refractivity contribution < 1.29 is 0 Å². The zero-order valence-electron chi connectivity index (χ0n) is 14.3. The third-order valence-electron chi connectivity index (χ3n) is 5.10. The second kappa shape index (κ2) is 6.15. The topological polar surface area (TPSA) is 55.0 Å². The van der Waals surface area contributed by atoms with Gasteiger partial charge in [0.05, 0.1) is 17.6 Å². The Morgan fingerprint density at radius 3 is 2.32 bits per heavy atom. The minimum Gasteiger partial charge on any atom is -0.369 e. The first-order valence-electron chi connectivity index (χ1n) is 8.83. The summed E-state index contributed by atoms with van der Waals surface area (Å²) in [6.45, 7) is 8.82. The molecule has 2 N–H and O–H groups in total. The molecule has 0 bridgehead atoms. The molecule has 2 aliphatic rings. The Morgan fingerprint density at radius 1 is 1.09 bits per heavy atom. The molecular formula is C18H30N4. The van der Waals surface area contributed by atoms with Crippen molar-refractivity contribution in [2.75, 3.05) is 18.0 Å². The Bertz CT molecular complexity index is 506. The number of anilines is 1. The molecule has 1 aliphatic carbocycles. The Labute approximate surface area is 134 Å². The third kappa shape index (κ3) is 3.27. The van der Waals surface area contributed by atoms with Crippen molar-refractivity contribution in [3.05, 3.63) is 17.7 Å². The maximum Gasteiger partial charge on any atom is 0.131 e. The van der Waals surface area contributed by atoms with Gasteiger partial charge in [0, 0.05) is 30.5 Å². The van der Waals surface area contributed by atoms with Crippen molar-refractivity contribution in [2.45, 2.75) is 76.7 Å². The minimum absolute atomic E-state index is 0.0468. The van der Waals surface area contributed by atoms with Crippen LogP contribution in [0.2, 0.25) is 0 Å². The van der Waals surface area contributed by atoms with Gasteiger partial charge in [-0.05, 0) is 25.7 Å². The molecule has 0 aromatic carbocycles. The van der Waals surface area contributed by atoms with Crippen LogP contribution in [-0.2, 0) is 5.41 Å². The van der Waals surface area contributed by atoms with E-state index in [1.54, 1.807) is 0 Å². The summed E-state index contributed by atoms with van der Waals surface area (Å²) in [5.41, 5.74) is 8.53. The summed E-state index contributed by atoms with van der Waals surface area (Å²) in [7, 11) is 0. The van der Waals surface area contributed by atoms with Crippen molar-refractivity contribution in [1.82, 2.24) is 9.97 Å². The fourth-order valence-corrected chi connectivity index (χ4v) is 3.69. The molecule has 0 unspecified atom stereocenters. The second-order valence-electron chi connectivity index (χ2n) is 8.02. The lowest BCUT2D eigenvalue weighted by molar-refractivity contribution is 0.490. The summed E-state index contributed by atoms with van der Waals surface area (Å²) in [4.78, 5) is 12.2. The lowest BCUT2D eigenvalue weighted by Gasteiger charge is -2.35. The predicted octanol–water partition coefficient (Wildman–Crippen LogP) is 3.36. The fraction of sp³-hybridized carbons (Fsp3) is 0.778. The highest BCUT2D eigenvalue weighted by molar-refractivity contribution is 5.52. The van der Waals surface area contributed by atoms with E-state index in [4.69, 9.17) is 15.7 Å². The molecule has 2 heterocycles. The molecule has 1 aliphatic heterocycles. The van der Waals surface area contributed by atoms with Gasteiger partial charge in [0.1, 0.15) is 5.82 Å². The van der Waals surface area contributed by atoms with Crippen LogP contribution in [0.4, 0.5) is 5.69 Å². The number of hydrogen-bond acceptors (Lipinski definition) is 4. The molecule has 1 aromatic rings. The van der Waals surface area contributed by atoms with E-state index in [-0.39, 0.29) is 5.41 Å². The summed E-state index contributed by atoms with van der Waals surface area (Å²) >= 11 is 0. The SMILES string of the molecule is CC(C)(C)c1nc(C2CCCC2)ncc1N1CCC(N)CC1. The lowest BCUT2D eigenvalue weighted by Crippen LogP contribution is -2.41. The number of nitrogens with zero attached hydrogens (tertiary/aromatic N) is 3. The van der Waals surface area contributed by atoms with Gasteiger partial charge in [-0.3, -0.25) is 0 Å². The van der Waals surface area contributed by atoms with Crippen molar-refractivity contribution in [2.24, 2.45) is 5.73 Å². The van der Waals surface area contributed by atoms with Gasteiger partial charge in [0.25, 0.3) is 0 Å². The van der Waals surface area contributed by atoms with Crippen LogP contribution in [0.5, 0.6) is 0 Å². The van der Waals surface area contributed by atoms with Crippen LogP contribution in [0.25, 0.3) is 0 Å². The maximum absolute atomic E-state index is 6.05. The molecule has 1 saturated heterocycles. The van der Waals surface area contributed by atoms with E-state index in [2.05, 4.69) is 31.9 Å². The summed E-state index contributed by atoms with van der Waals surface area (Å²) in [6.07, 6.45) is 9.36. The van der Waals surface area contributed by atoms with Gasteiger partial charge in [0.15, 0.2) is 0 Å². The van der Waals surface area contributed by atoms with Crippen molar-refractivity contribution in [3.63, 3.8) is 0 Å². The first kappa shape index (κ1) is 15.7. The zero-order chi connectivity index (χ0) is 15.7. The summed E-state index contributed by atoms with van der Waals surface area (Å²) in [5.74, 6) is 1.64. The van der Waals surface area contributed by atoms with Crippen LogP contribution in [0, 0.1) is 0 Å². The highest BCUT2D eigenvalue weighted by Crippen LogP contribution is 2.36.